The molecule has 2 rings (SSSR count). The van der Waals surface area contributed by atoms with Crippen molar-refractivity contribution in [2.75, 3.05) is 19.6 Å². The highest BCUT2D eigenvalue weighted by molar-refractivity contribution is 5.80. The maximum Gasteiger partial charge on any atom is 0.247 e. The molecule has 1 amide bonds. The van der Waals surface area contributed by atoms with E-state index in [1.807, 2.05) is 44.2 Å². The van der Waals surface area contributed by atoms with Crippen molar-refractivity contribution in [3.63, 3.8) is 0 Å². The number of carbonyl (C=O) groups excluding carboxylic acids is 1. The highest BCUT2D eigenvalue weighted by atomic mass is 16.2. The van der Waals surface area contributed by atoms with E-state index in [0.717, 1.165) is 25.1 Å². The number of tetrazole rings is 1. The Bertz CT molecular complexity index is 625. The molecule has 0 aliphatic heterocycles. The topological polar surface area (TPSA) is 84.7 Å². The Hall–Kier alpha value is -2.28. The predicted octanol–water partition coefficient (Wildman–Crippen LogP) is 1.65. The molecule has 130 valence electrons. The summed E-state index contributed by atoms with van der Waals surface area (Å²) in [4.78, 5) is 13.9. The number of carbonyl (C=O) groups is 1. The molecule has 2 N–H and O–H groups in total. The van der Waals surface area contributed by atoms with Gasteiger partial charge < -0.3 is 10.6 Å². The van der Waals surface area contributed by atoms with Crippen molar-refractivity contribution in [3.05, 3.63) is 30.3 Å². The zero-order valence-electron chi connectivity index (χ0n) is 14.6. The molecule has 24 heavy (non-hydrogen) atoms. The fourth-order valence-electron chi connectivity index (χ4n) is 2.40. The molecule has 1 atom stereocenters. The van der Waals surface area contributed by atoms with Gasteiger partial charge in [0.1, 0.15) is 0 Å². The van der Waals surface area contributed by atoms with Crippen LogP contribution >= 0.6 is 0 Å². The molecule has 0 bridgehead atoms. The molecule has 7 heteroatoms. The molecule has 0 radical (unpaired) electrons. The quantitative estimate of drug-likeness (QED) is 0.683. The van der Waals surface area contributed by atoms with Crippen LogP contribution in [0.15, 0.2) is 30.3 Å². The Labute approximate surface area is 142 Å². The van der Waals surface area contributed by atoms with E-state index in [9.17, 15) is 4.79 Å². The largest absolute Gasteiger partial charge is 0.353 e. The summed E-state index contributed by atoms with van der Waals surface area (Å²) in [7, 11) is 0. The maximum atomic E-state index is 12.5. The second-order valence-corrected chi connectivity index (χ2v) is 6.03. The normalized spacial score (nSPS) is 12.3. The van der Waals surface area contributed by atoms with Crippen molar-refractivity contribution in [1.82, 2.24) is 30.8 Å². The molecular weight excluding hydrogens is 304 g/mol. The minimum absolute atomic E-state index is 0.0615. The van der Waals surface area contributed by atoms with E-state index in [0.29, 0.717) is 12.4 Å². The second-order valence-electron chi connectivity index (χ2n) is 6.03. The van der Waals surface area contributed by atoms with Crippen molar-refractivity contribution in [2.24, 2.45) is 5.92 Å². The lowest BCUT2D eigenvalue weighted by Gasteiger charge is -2.18. The number of amides is 1. The van der Waals surface area contributed by atoms with E-state index in [4.69, 9.17) is 0 Å². The van der Waals surface area contributed by atoms with Crippen LogP contribution in [0.1, 0.15) is 33.2 Å². The van der Waals surface area contributed by atoms with E-state index in [-0.39, 0.29) is 11.8 Å². The lowest BCUT2D eigenvalue weighted by molar-refractivity contribution is -0.126. The number of rotatable bonds is 9. The number of nitrogens with one attached hydrogen (secondary N) is 2. The molecule has 1 aromatic carbocycles. The Morgan fingerprint density at radius 3 is 2.58 bits per heavy atom. The van der Waals surface area contributed by atoms with Gasteiger partial charge in [0.25, 0.3) is 0 Å². The van der Waals surface area contributed by atoms with Crippen LogP contribution in [0.3, 0.4) is 0 Å². The van der Waals surface area contributed by atoms with Gasteiger partial charge in [-0.2, -0.15) is 4.80 Å². The van der Waals surface area contributed by atoms with E-state index in [2.05, 4.69) is 33.0 Å². The van der Waals surface area contributed by atoms with E-state index in [1.165, 1.54) is 4.80 Å². The van der Waals surface area contributed by atoms with Crippen molar-refractivity contribution in [3.8, 4) is 11.4 Å². The first kappa shape index (κ1) is 18.1. The zero-order valence-corrected chi connectivity index (χ0v) is 14.6. The minimum atomic E-state index is -0.471. The zero-order chi connectivity index (χ0) is 17.4. The van der Waals surface area contributed by atoms with Crippen molar-refractivity contribution >= 4 is 5.91 Å². The average molecular weight is 330 g/mol. The summed E-state index contributed by atoms with van der Waals surface area (Å²) in [5, 5.41) is 18.8. The van der Waals surface area contributed by atoms with Crippen LogP contribution in [0, 0.1) is 5.92 Å². The summed E-state index contributed by atoms with van der Waals surface area (Å²) in [6, 6.07) is 9.15. The molecule has 1 unspecified atom stereocenters. The highest BCUT2D eigenvalue weighted by Gasteiger charge is 2.26. The first-order valence-corrected chi connectivity index (χ1v) is 8.46. The molecule has 7 nitrogen and oxygen atoms in total. The van der Waals surface area contributed by atoms with Gasteiger partial charge in [-0.25, -0.2) is 0 Å². The lowest BCUT2D eigenvalue weighted by Crippen LogP contribution is -2.39. The van der Waals surface area contributed by atoms with E-state index in [1.54, 1.807) is 0 Å². The van der Waals surface area contributed by atoms with Gasteiger partial charge >= 0.3 is 0 Å². The first-order chi connectivity index (χ1) is 11.6. The number of hydrogen-bond donors (Lipinski definition) is 2. The lowest BCUT2D eigenvalue weighted by atomic mass is 10.0. The maximum absolute atomic E-state index is 12.5. The van der Waals surface area contributed by atoms with Crippen molar-refractivity contribution < 1.29 is 4.79 Å². The third kappa shape index (κ3) is 4.86. The predicted molar refractivity (Wildman–Crippen MR) is 93.3 cm³/mol. The van der Waals surface area contributed by atoms with Crippen molar-refractivity contribution in [2.45, 2.75) is 33.2 Å². The van der Waals surface area contributed by atoms with Gasteiger partial charge in [0.15, 0.2) is 6.04 Å². The summed E-state index contributed by atoms with van der Waals surface area (Å²) in [5.41, 5.74) is 0.885. The number of benzene rings is 1. The molecule has 0 fully saturated rings. The molecule has 0 saturated carbocycles. The molecule has 0 aliphatic rings. The summed E-state index contributed by atoms with van der Waals surface area (Å²) >= 11 is 0. The van der Waals surface area contributed by atoms with Crippen LogP contribution in [-0.2, 0) is 4.79 Å². The van der Waals surface area contributed by atoms with Gasteiger partial charge in [0.2, 0.25) is 11.7 Å². The van der Waals surface area contributed by atoms with Gasteiger partial charge in [-0.3, -0.25) is 4.79 Å². The van der Waals surface area contributed by atoms with Crippen LogP contribution in [0.25, 0.3) is 11.4 Å². The van der Waals surface area contributed by atoms with Crippen LogP contribution in [-0.4, -0.2) is 45.7 Å². The molecule has 2 aromatic rings. The Balaban J connectivity index is 2.02. The number of nitrogens with zero attached hydrogens (tertiary/aromatic N) is 4. The first-order valence-electron chi connectivity index (χ1n) is 8.46. The Morgan fingerprint density at radius 1 is 1.17 bits per heavy atom. The monoisotopic (exact) mass is 330 g/mol. The third-order valence-electron chi connectivity index (χ3n) is 3.64. The fourth-order valence-corrected chi connectivity index (χ4v) is 2.40. The highest BCUT2D eigenvalue weighted by Crippen LogP contribution is 2.18. The number of aromatic nitrogens is 4. The van der Waals surface area contributed by atoms with Crippen molar-refractivity contribution in [1.29, 1.82) is 0 Å². The standard InChI is InChI=1S/C17H26N6O/c1-4-10-18-11-12-19-17(24)15(13(2)3)23-21-16(20-22-23)14-8-6-5-7-9-14/h5-9,13,15,18H,4,10-12H2,1-3H3,(H,19,24). The van der Waals surface area contributed by atoms with Gasteiger partial charge in [0, 0.05) is 18.7 Å². The molecule has 1 aromatic heterocycles. The summed E-state index contributed by atoms with van der Waals surface area (Å²) in [6.45, 7) is 8.36. The van der Waals surface area contributed by atoms with Crippen LogP contribution in [0.5, 0.6) is 0 Å². The summed E-state index contributed by atoms with van der Waals surface area (Å²) in [6.07, 6.45) is 1.08. The summed E-state index contributed by atoms with van der Waals surface area (Å²) < 4.78 is 0. The number of hydrogen-bond acceptors (Lipinski definition) is 5. The minimum Gasteiger partial charge on any atom is -0.353 e. The SMILES string of the molecule is CCCNCCNC(=O)C(C(C)C)n1nnc(-c2ccccc2)n1. The summed E-state index contributed by atoms with van der Waals surface area (Å²) in [5.74, 6) is 0.505. The van der Waals surface area contributed by atoms with Gasteiger partial charge in [-0.15, -0.1) is 10.2 Å². The van der Waals surface area contributed by atoms with E-state index >= 15 is 0 Å². The van der Waals surface area contributed by atoms with Gasteiger partial charge in [0.05, 0.1) is 0 Å². The fraction of sp³-hybridized carbons (Fsp3) is 0.529. The Morgan fingerprint density at radius 2 is 1.92 bits per heavy atom. The smallest absolute Gasteiger partial charge is 0.247 e. The Kier molecular flexibility index (Phi) is 6.87. The van der Waals surface area contributed by atoms with Crippen LogP contribution in [0.2, 0.25) is 0 Å². The van der Waals surface area contributed by atoms with E-state index < -0.39 is 6.04 Å². The molecule has 0 saturated heterocycles. The molecule has 0 spiro atoms. The van der Waals surface area contributed by atoms with Crippen LogP contribution in [0.4, 0.5) is 0 Å². The third-order valence-corrected chi connectivity index (χ3v) is 3.64. The van der Waals surface area contributed by atoms with Gasteiger partial charge in [-0.1, -0.05) is 51.1 Å². The second kappa shape index (κ2) is 9.12. The molecular formula is C17H26N6O. The molecule has 1 heterocycles. The average Bonchev–Trinajstić information content (AvgIpc) is 3.05. The van der Waals surface area contributed by atoms with Gasteiger partial charge in [-0.05, 0) is 24.1 Å². The molecule has 0 aliphatic carbocycles. The van der Waals surface area contributed by atoms with Crippen LogP contribution < -0.4 is 10.6 Å².